The summed E-state index contributed by atoms with van der Waals surface area (Å²) in [6.45, 7) is 1.64. The highest BCUT2D eigenvalue weighted by Crippen LogP contribution is 2.27. The topological polar surface area (TPSA) is 38.8 Å². The summed E-state index contributed by atoms with van der Waals surface area (Å²) in [5.41, 5.74) is 1.13. The highest BCUT2D eigenvalue weighted by atomic mass is 79.9. The SMILES string of the molecule is COC(=O)[C@H]1CCCCN1Cc1cc(OC)ccc1Br. The molecule has 1 saturated heterocycles. The summed E-state index contributed by atoms with van der Waals surface area (Å²) in [5.74, 6) is 0.693. The standard InChI is InChI=1S/C15H20BrNO3/c1-19-12-6-7-13(16)11(9-12)10-17-8-4-3-5-14(17)15(18)20-2/h6-7,9,14H,3-5,8,10H2,1-2H3/t14-/m1/s1. The van der Waals surface area contributed by atoms with Gasteiger partial charge in [0.2, 0.25) is 0 Å². The zero-order valence-electron chi connectivity index (χ0n) is 11.9. The molecule has 4 nitrogen and oxygen atoms in total. The molecule has 0 radical (unpaired) electrons. The molecule has 0 aliphatic carbocycles. The molecule has 0 amide bonds. The number of piperidine rings is 1. The predicted octanol–water partition coefficient (Wildman–Crippen LogP) is 2.99. The van der Waals surface area contributed by atoms with Crippen LogP contribution in [0.2, 0.25) is 0 Å². The van der Waals surface area contributed by atoms with Crippen molar-refractivity contribution in [1.29, 1.82) is 0 Å². The van der Waals surface area contributed by atoms with E-state index in [1.54, 1.807) is 7.11 Å². The van der Waals surface area contributed by atoms with Crippen LogP contribution in [-0.2, 0) is 16.1 Å². The van der Waals surface area contributed by atoms with Crippen LogP contribution in [0.25, 0.3) is 0 Å². The number of carbonyl (C=O) groups is 1. The van der Waals surface area contributed by atoms with E-state index in [0.717, 1.165) is 48.1 Å². The normalized spacial score (nSPS) is 19.6. The Morgan fingerprint density at radius 2 is 2.20 bits per heavy atom. The van der Waals surface area contributed by atoms with Gasteiger partial charge in [0.1, 0.15) is 11.8 Å². The van der Waals surface area contributed by atoms with Crippen LogP contribution in [0.4, 0.5) is 0 Å². The molecule has 1 aromatic carbocycles. The molecule has 1 aliphatic rings. The van der Waals surface area contributed by atoms with Crippen molar-refractivity contribution >= 4 is 21.9 Å². The third-order valence-electron chi connectivity index (χ3n) is 3.71. The highest BCUT2D eigenvalue weighted by molar-refractivity contribution is 9.10. The molecule has 2 rings (SSSR count). The van der Waals surface area contributed by atoms with Crippen molar-refractivity contribution in [1.82, 2.24) is 4.90 Å². The summed E-state index contributed by atoms with van der Waals surface area (Å²) < 4.78 is 11.2. The maximum Gasteiger partial charge on any atom is 0.323 e. The first-order valence-corrected chi connectivity index (χ1v) is 7.59. The molecule has 1 aliphatic heterocycles. The number of methoxy groups -OCH3 is 2. The lowest BCUT2D eigenvalue weighted by atomic mass is 10.0. The molecule has 1 heterocycles. The molecular formula is C15H20BrNO3. The van der Waals surface area contributed by atoms with E-state index < -0.39 is 0 Å². The average molecular weight is 342 g/mol. The first-order valence-electron chi connectivity index (χ1n) is 6.80. The molecule has 110 valence electrons. The lowest BCUT2D eigenvalue weighted by Crippen LogP contribution is -2.44. The van der Waals surface area contributed by atoms with Crippen LogP contribution in [0, 0.1) is 0 Å². The minimum Gasteiger partial charge on any atom is -0.497 e. The fraction of sp³-hybridized carbons (Fsp3) is 0.533. The third-order valence-corrected chi connectivity index (χ3v) is 4.49. The number of carbonyl (C=O) groups excluding carboxylic acids is 1. The number of halogens is 1. The zero-order chi connectivity index (χ0) is 14.5. The van der Waals surface area contributed by atoms with Crippen molar-refractivity contribution in [2.24, 2.45) is 0 Å². The smallest absolute Gasteiger partial charge is 0.323 e. The maximum atomic E-state index is 11.9. The fourth-order valence-electron chi connectivity index (χ4n) is 2.60. The van der Waals surface area contributed by atoms with E-state index in [2.05, 4.69) is 20.8 Å². The van der Waals surface area contributed by atoms with Crippen LogP contribution in [0.1, 0.15) is 24.8 Å². The van der Waals surface area contributed by atoms with Crippen molar-refractivity contribution in [3.05, 3.63) is 28.2 Å². The van der Waals surface area contributed by atoms with Crippen molar-refractivity contribution < 1.29 is 14.3 Å². The zero-order valence-corrected chi connectivity index (χ0v) is 13.5. The van der Waals surface area contributed by atoms with E-state index in [4.69, 9.17) is 9.47 Å². The number of rotatable bonds is 4. The van der Waals surface area contributed by atoms with Crippen LogP contribution < -0.4 is 4.74 Å². The van der Waals surface area contributed by atoms with Crippen molar-refractivity contribution in [2.45, 2.75) is 31.8 Å². The molecule has 0 aromatic heterocycles. The molecule has 0 saturated carbocycles. The molecule has 0 N–H and O–H groups in total. The first-order chi connectivity index (χ1) is 9.65. The van der Waals surface area contributed by atoms with Crippen LogP contribution in [-0.4, -0.2) is 37.7 Å². The molecule has 1 atom stereocenters. The summed E-state index contributed by atoms with van der Waals surface area (Å²) in [5, 5.41) is 0. The Hall–Kier alpha value is -1.07. The summed E-state index contributed by atoms with van der Waals surface area (Å²) in [6.07, 6.45) is 3.07. The quantitative estimate of drug-likeness (QED) is 0.789. The van der Waals surface area contributed by atoms with Gasteiger partial charge in [0.05, 0.1) is 14.2 Å². The van der Waals surface area contributed by atoms with E-state index >= 15 is 0 Å². The molecule has 0 unspecified atom stereocenters. The summed E-state index contributed by atoms with van der Waals surface area (Å²) >= 11 is 3.56. The molecular weight excluding hydrogens is 322 g/mol. The van der Waals surface area contributed by atoms with Gasteiger partial charge in [-0.25, -0.2) is 0 Å². The largest absolute Gasteiger partial charge is 0.497 e. The Morgan fingerprint density at radius 3 is 2.90 bits per heavy atom. The van der Waals surface area contributed by atoms with Gasteiger partial charge in [-0.15, -0.1) is 0 Å². The van der Waals surface area contributed by atoms with Gasteiger partial charge < -0.3 is 9.47 Å². The number of ether oxygens (including phenoxy) is 2. The van der Waals surface area contributed by atoms with Gasteiger partial charge in [0.25, 0.3) is 0 Å². The molecule has 0 bridgehead atoms. The van der Waals surface area contributed by atoms with Crippen LogP contribution in [0.15, 0.2) is 22.7 Å². The highest BCUT2D eigenvalue weighted by Gasteiger charge is 2.29. The van der Waals surface area contributed by atoms with E-state index in [0.29, 0.717) is 0 Å². The summed E-state index contributed by atoms with van der Waals surface area (Å²) in [6, 6.07) is 5.77. The molecule has 0 spiro atoms. The minimum atomic E-state index is -0.135. The monoisotopic (exact) mass is 341 g/mol. The maximum absolute atomic E-state index is 11.9. The number of benzene rings is 1. The lowest BCUT2D eigenvalue weighted by molar-refractivity contribution is -0.148. The fourth-order valence-corrected chi connectivity index (χ4v) is 2.97. The second kappa shape index (κ2) is 7.09. The Labute approximate surface area is 128 Å². The van der Waals surface area contributed by atoms with Gasteiger partial charge in [0, 0.05) is 11.0 Å². The first kappa shape index (κ1) is 15.3. The number of hydrogen-bond donors (Lipinski definition) is 0. The number of nitrogens with zero attached hydrogens (tertiary/aromatic N) is 1. The summed E-state index contributed by atoms with van der Waals surface area (Å²) in [7, 11) is 3.11. The molecule has 20 heavy (non-hydrogen) atoms. The van der Waals surface area contributed by atoms with E-state index in [1.165, 1.54) is 7.11 Å². The average Bonchev–Trinajstić information content (AvgIpc) is 2.49. The predicted molar refractivity (Wildman–Crippen MR) is 80.8 cm³/mol. The van der Waals surface area contributed by atoms with Crippen LogP contribution >= 0.6 is 15.9 Å². The molecule has 1 fully saturated rings. The van der Waals surface area contributed by atoms with Crippen LogP contribution in [0.5, 0.6) is 5.75 Å². The number of hydrogen-bond acceptors (Lipinski definition) is 4. The lowest BCUT2D eigenvalue weighted by Gasteiger charge is -2.33. The Balaban J connectivity index is 2.16. The van der Waals surface area contributed by atoms with Gasteiger partial charge in [-0.05, 0) is 43.1 Å². The van der Waals surface area contributed by atoms with E-state index in [9.17, 15) is 4.79 Å². The second-order valence-electron chi connectivity index (χ2n) is 4.96. The molecule has 1 aromatic rings. The number of likely N-dealkylation sites (tertiary alicyclic amines) is 1. The number of esters is 1. The van der Waals surface area contributed by atoms with Gasteiger partial charge in [-0.3, -0.25) is 9.69 Å². The van der Waals surface area contributed by atoms with Crippen molar-refractivity contribution in [3.8, 4) is 5.75 Å². The van der Waals surface area contributed by atoms with E-state index in [-0.39, 0.29) is 12.0 Å². The Morgan fingerprint density at radius 1 is 1.40 bits per heavy atom. The van der Waals surface area contributed by atoms with Gasteiger partial charge >= 0.3 is 5.97 Å². The molecule has 5 heteroatoms. The minimum absolute atomic E-state index is 0.133. The van der Waals surface area contributed by atoms with Crippen molar-refractivity contribution in [3.63, 3.8) is 0 Å². The second-order valence-corrected chi connectivity index (χ2v) is 5.82. The summed E-state index contributed by atoms with van der Waals surface area (Å²) in [4.78, 5) is 14.1. The third kappa shape index (κ3) is 3.52. The van der Waals surface area contributed by atoms with E-state index in [1.807, 2.05) is 18.2 Å². The van der Waals surface area contributed by atoms with Crippen LogP contribution in [0.3, 0.4) is 0 Å². The Kier molecular flexibility index (Phi) is 5.43. The van der Waals surface area contributed by atoms with Gasteiger partial charge in [0.15, 0.2) is 0 Å². The van der Waals surface area contributed by atoms with Gasteiger partial charge in [-0.2, -0.15) is 0 Å². The van der Waals surface area contributed by atoms with Gasteiger partial charge in [-0.1, -0.05) is 22.4 Å². The Bertz CT molecular complexity index is 478. The van der Waals surface area contributed by atoms with Crippen molar-refractivity contribution in [2.75, 3.05) is 20.8 Å².